The molecule has 3 aromatic heterocycles. The number of halogens is 2. The van der Waals surface area contributed by atoms with Crippen molar-refractivity contribution in [2.24, 2.45) is 0 Å². The number of fused-ring (bicyclic) bond motifs is 1. The summed E-state index contributed by atoms with van der Waals surface area (Å²) in [6.07, 6.45) is 0. The van der Waals surface area contributed by atoms with E-state index in [0.29, 0.717) is 26.3 Å². The maximum Gasteiger partial charge on any atom is 0.356 e. The molecule has 5 rings (SSSR count). The van der Waals surface area contributed by atoms with Gasteiger partial charge in [-0.3, -0.25) is 14.2 Å². The Morgan fingerprint density at radius 3 is 2.27 bits per heavy atom. The number of benzene rings is 2. The number of amides is 2. The van der Waals surface area contributed by atoms with E-state index in [-0.39, 0.29) is 22.6 Å². The van der Waals surface area contributed by atoms with Gasteiger partial charge in [0.1, 0.15) is 16.5 Å². The maximum absolute atomic E-state index is 14.8. The minimum atomic E-state index is -1.36. The number of hydrogen-bond acceptors (Lipinski definition) is 9. The fraction of sp³-hybridized carbons (Fsp3) is 0.172. The van der Waals surface area contributed by atoms with Crippen molar-refractivity contribution in [2.45, 2.75) is 13.1 Å². The molecule has 0 spiro atoms. The van der Waals surface area contributed by atoms with Crippen LogP contribution in [0, 0.1) is 11.6 Å². The molecule has 0 saturated carbocycles. The van der Waals surface area contributed by atoms with Crippen LogP contribution in [0.2, 0.25) is 0 Å². The lowest BCUT2D eigenvalue weighted by molar-refractivity contribution is 0.0689. The summed E-state index contributed by atoms with van der Waals surface area (Å²) < 4.78 is 31.5. The van der Waals surface area contributed by atoms with Gasteiger partial charge in [0.05, 0.1) is 19.0 Å². The highest BCUT2D eigenvalue weighted by molar-refractivity contribution is 7.22. The van der Waals surface area contributed by atoms with Crippen LogP contribution in [-0.2, 0) is 17.9 Å². The van der Waals surface area contributed by atoms with Crippen molar-refractivity contribution in [3.05, 3.63) is 104 Å². The molecule has 3 heterocycles. The Balaban J connectivity index is 1.79. The normalized spacial score (nSPS) is 11.2. The zero-order chi connectivity index (χ0) is 32.4. The van der Waals surface area contributed by atoms with Gasteiger partial charge < -0.3 is 15.3 Å². The van der Waals surface area contributed by atoms with Gasteiger partial charge in [0.2, 0.25) is 0 Å². The van der Waals surface area contributed by atoms with Crippen LogP contribution in [-0.4, -0.2) is 62.5 Å². The molecule has 0 unspecified atom stereocenters. The Morgan fingerprint density at radius 2 is 1.69 bits per heavy atom. The third-order valence-corrected chi connectivity index (χ3v) is 7.93. The molecule has 2 aromatic carbocycles. The predicted molar refractivity (Wildman–Crippen MR) is 162 cm³/mol. The fourth-order valence-electron chi connectivity index (χ4n) is 4.66. The SMILES string of the molecule is CONC(=O)Nc1ccc(-c2sc3c(c2CN(C)C)c(=O)n(-c2ccc(C(=O)O)nn2)c(=O)n3Cc2c(F)cccc2F)cc1. The van der Waals surface area contributed by atoms with Crippen LogP contribution in [0.25, 0.3) is 26.5 Å². The first-order valence-electron chi connectivity index (χ1n) is 13.2. The lowest BCUT2D eigenvalue weighted by Gasteiger charge is -2.14. The van der Waals surface area contributed by atoms with Gasteiger partial charge in [-0.1, -0.05) is 18.2 Å². The van der Waals surface area contributed by atoms with Crippen molar-refractivity contribution < 1.29 is 28.3 Å². The summed E-state index contributed by atoms with van der Waals surface area (Å²) in [5.41, 5.74) is 1.21. The van der Waals surface area contributed by atoms with Gasteiger partial charge in [0, 0.05) is 22.7 Å². The molecule has 0 saturated heterocycles. The summed E-state index contributed by atoms with van der Waals surface area (Å²) in [7, 11) is 4.87. The van der Waals surface area contributed by atoms with Crippen molar-refractivity contribution in [3.63, 3.8) is 0 Å². The minimum absolute atomic E-state index is 0.103. The zero-order valence-corrected chi connectivity index (χ0v) is 24.8. The van der Waals surface area contributed by atoms with Gasteiger partial charge in [0.15, 0.2) is 11.5 Å². The number of hydrogen-bond donors (Lipinski definition) is 3. The monoisotopic (exact) mass is 637 g/mol. The summed E-state index contributed by atoms with van der Waals surface area (Å²) in [5, 5.41) is 19.3. The maximum atomic E-state index is 14.8. The van der Waals surface area contributed by atoms with Gasteiger partial charge >= 0.3 is 17.7 Å². The lowest BCUT2D eigenvalue weighted by atomic mass is 10.1. The largest absolute Gasteiger partial charge is 0.476 e. The first-order valence-corrected chi connectivity index (χ1v) is 14.0. The molecule has 45 heavy (non-hydrogen) atoms. The molecule has 5 aromatic rings. The number of nitrogens with one attached hydrogen (secondary N) is 2. The molecule has 0 aliphatic rings. The number of carboxylic acid groups (broad SMARTS) is 1. The predicted octanol–water partition coefficient (Wildman–Crippen LogP) is 3.44. The van der Waals surface area contributed by atoms with E-state index in [0.717, 1.165) is 40.2 Å². The van der Waals surface area contributed by atoms with Gasteiger partial charge in [-0.05, 0) is 61.6 Å². The van der Waals surface area contributed by atoms with E-state index in [2.05, 4.69) is 25.8 Å². The van der Waals surface area contributed by atoms with E-state index in [1.54, 1.807) is 38.4 Å². The first kappa shape index (κ1) is 31.1. The highest BCUT2D eigenvalue weighted by atomic mass is 32.1. The Kier molecular flexibility index (Phi) is 8.80. The standard InChI is InChI=1S/C29H25F2N7O6S/c1-36(2)13-18-23-25(39)38(22-12-11-21(27(40)41)33-34-22)29(43)37(14-17-19(30)5-4-6-20(17)31)26(23)45-24(18)15-7-9-16(10-8-15)32-28(42)35-44-3/h4-12H,13-14H2,1-3H3,(H,40,41)(H2,32,35,42). The minimum Gasteiger partial charge on any atom is -0.476 e. The molecule has 232 valence electrons. The molecule has 0 aliphatic carbocycles. The van der Waals surface area contributed by atoms with Gasteiger partial charge in [-0.15, -0.1) is 21.5 Å². The number of urea groups is 1. The molecular formula is C29H25F2N7O6S. The number of aromatic nitrogens is 4. The molecule has 0 atom stereocenters. The zero-order valence-electron chi connectivity index (χ0n) is 24.0. The van der Waals surface area contributed by atoms with E-state index in [1.807, 2.05) is 4.90 Å². The number of carboxylic acids is 1. The number of anilines is 1. The van der Waals surface area contributed by atoms with Gasteiger partial charge in [0.25, 0.3) is 5.56 Å². The first-order chi connectivity index (χ1) is 21.5. The summed E-state index contributed by atoms with van der Waals surface area (Å²) in [6, 6.07) is 11.7. The second-order valence-corrected chi connectivity index (χ2v) is 11.0. The summed E-state index contributed by atoms with van der Waals surface area (Å²) >= 11 is 1.09. The Labute approximate surface area is 256 Å². The average Bonchev–Trinajstić information content (AvgIpc) is 3.36. The second-order valence-electron chi connectivity index (χ2n) is 9.96. The van der Waals surface area contributed by atoms with Crippen molar-refractivity contribution >= 4 is 39.2 Å². The Morgan fingerprint density at radius 1 is 1.00 bits per heavy atom. The molecule has 3 N–H and O–H groups in total. The van der Waals surface area contributed by atoms with Crippen LogP contribution < -0.4 is 22.0 Å². The van der Waals surface area contributed by atoms with E-state index < -0.39 is 52.7 Å². The number of hydroxylamine groups is 1. The highest BCUT2D eigenvalue weighted by Crippen LogP contribution is 2.38. The number of carbonyl (C=O) groups excluding carboxylic acids is 1. The number of carbonyl (C=O) groups is 2. The van der Waals surface area contributed by atoms with Gasteiger partial charge in [-0.25, -0.2) is 33.2 Å². The van der Waals surface area contributed by atoms with Crippen LogP contribution in [0.15, 0.2) is 64.2 Å². The number of thiophene rings is 1. The van der Waals surface area contributed by atoms with E-state index >= 15 is 0 Å². The van der Waals surface area contributed by atoms with E-state index in [9.17, 15) is 33.1 Å². The molecule has 0 radical (unpaired) electrons. The van der Waals surface area contributed by atoms with Crippen LogP contribution in [0.5, 0.6) is 0 Å². The number of nitrogens with zero attached hydrogens (tertiary/aromatic N) is 5. The van der Waals surface area contributed by atoms with Crippen LogP contribution >= 0.6 is 11.3 Å². The number of rotatable bonds is 9. The van der Waals surface area contributed by atoms with Crippen molar-refractivity contribution in [1.29, 1.82) is 0 Å². The summed E-state index contributed by atoms with van der Waals surface area (Å²) in [5.74, 6) is -3.40. The smallest absolute Gasteiger partial charge is 0.356 e. The second kappa shape index (κ2) is 12.7. The highest BCUT2D eigenvalue weighted by Gasteiger charge is 2.26. The molecule has 16 heteroatoms. The van der Waals surface area contributed by atoms with E-state index in [4.69, 9.17) is 0 Å². The average molecular weight is 638 g/mol. The Hall–Kier alpha value is -5.32. The topological polar surface area (TPSA) is 161 Å². The van der Waals surface area contributed by atoms with Crippen LogP contribution in [0.1, 0.15) is 21.6 Å². The lowest BCUT2D eigenvalue weighted by Crippen LogP contribution is -2.40. The van der Waals surface area contributed by atoms with Crippen LogP contribution in [0.3, 0.4) is 0 Å². The van der Waals surface area contributed by atoms with Crippen LogP contribution in [0.4, 0.5) is 19.3 Å². The summed E-state index contributed by atoms with van der Waals surface area (Å²) in [6.45, 7) is -0.329. The quantitative estimate of drug-likeness (QED) is 0.206. The van der Waals surface area contributed by atoms with E-state index in [1.165, 1.54) is 13.2 Å². The molecule has 13 nitrogen and oxygen atoms in total. The fourth-order valence-corrected chi connectivity index (χ4v) is 5.97. The Bertz CT molecular complexity index is 2020. The third-order valence-electron chi connectivity index (χ3n) is 6.62. The molecular weight excluding hydrogens is 612 g/mol. The molecule has 0 bridgehead atoms. The van der Waals surface area contributed by atoms with Gasteiger partial charge in [-0.2, -0.15) is 0 Å². The molecule has 0 aliphatic heterocycles. The summed E-state index contributed by atoms with van der Waals surface area (Å²) in [4.78, 5) is 58.4. The third kappa shape index (κ3) is 6.19. The van der Waals surface area contributed by atoms with Crippen molar-refractivity contribution in [2.75, 3.05) is 26.5 Å². The number of aromatic carboxylic acids is 1. The molecule has 0 fully saturated rings. The van der Waals surface area contributed by atoms with Crippen molar-refractivity contribution in [3.8, 4) is 16.3 Å². The van der Waals surface area contributed by atoms with Crippen molar-refractivity contribution in [1.82, 2.24) is 29.7 Å². The molecule has 2 amide bonds.